The summed E-state index contributed by atoms with van der Waals surface area (Å²) >= 11 is 0. The molecule has 5 saturated heterocycles. The first-order valence-electron chi connectivity index (χ1n) is 18.9. The summed E-state index contributed by atoms with van der Waals surface area (Å²) in [6, 6.07) is 0. The first kappa shape index (κ1) is 37.6. The van der Waals surface area contributed by atoms with Crippen LogP contribution in [-0.2, 0) is 9.59 Å². The fraction of sp³-hybridized carbons (Fsp3) is 0.889. The molecule has 0 aliphatic carbocycles. The highest BCUT2D eigenvalue weighted by atomic mass is 16.2. The third-order valence-corrected chi connectivity index (χ3v) is 12.3. The number of aliphatic imine (C=N–C) groups is 1. The molecule has 0 radical (unpaired) electrons. The van der Waals surface area contributed by atoms with Crippen molar-refractivity contribution >= 4 is 23.5 Å². The molecule has 5 aliphatic heterocycles. The molecule has 0 saturated carbocycles. The summed E-state index contributed by atoms with van der Waals surface area (Å²) in [6.07, 6.45) is 15.5. The van der Waals surface area contributed by atoms with E-state index >= 15 is 0 Å². The summed E-state index contributed by atoms with van der Waals surface area (Å²) in [5.74, 6) is 1.29. The van der Waals surface area contributed by atoms with Gasteiger partial charge in [-0.05, 0) is 153 Å². The lowest BCUT2D eigenvalue weighted by molar-refractivity contribution is -0.136. The van der Waals surface area contributed by atoms with Gasteiger partial charge in [0.1, 0.15) is 0 Å². The summed E-state index contributed by atoms with van der Waals surface area (Å²) in [6.45, 7) is 18.1. The summed E-state index contributed by atoms with van der Waals surface area (Å²) in [7, 11) is 0. The Morgan fingerprint density at radius 1 is 0.745 bits per heavy atom. The van der Waals surface area contributed by atoms with Crippen LogP contribution in [-0.4, -0.2) is 128 Å². The van der Waals surface area contributed by atoms with Crippen molar-refractivity contribution in [3.63, 3.8) is 0 Å². The Balaban J connectivity index is 0.000000217. The minimum absolute atomic E-state index is 0.0208. The zero-order chi connectivity index (χ0) is 33.7. The number of carbonyl (C=O) groups excluding carboxylic acids is 2. The fourth-order valence-electron chi connectivity index (χ4n) is 8.48. The van der Waals surface area contributed by atoms with Crippen molar-refractivity contribution in [3.05, 3.63) is 0 Å². The number of hydrogen-bond acceptors (Lipinski definition) is 7. The number of carbonyl (C=O) groups is 2. The monoisotopic (exact) mass is 658 g/mol. The Morgan fingerprint density at radius 3 is 1.68 bits per heavy atom. The lowest BCUT2D eigenvalue weighted by Crippen LogP contribution is -2.49. The van der Waals surface area contributed by atoms with Crippen molar-refractivity contribution in [2.75, 3.05) is 85.1 Å². The molecule has 0 aromatic carbocycles. The molecule has 47 heavy (non-hydrogen) atoms. The van der Waals surface area contributed by atoms with Gasteiger partial charge in [0.15, 0.2) is 5.96 Å². The fourth-order valence-corrected chi connectivity index (χ4v) is 8.48. The smallest absolute Gasteiger partial charge is 0.224 e. The Labute approximate surface area is 285 Å². The Hall–Kier alpha value is -2.24. The van der Waals surface area contributed by atoms with E-state index in [1.54, 1.807) is 6.92 Å². The zero-order valence-electron chi connectivity index (χ0n) is 29.9. The van der Waals surface area contributed by atoms with Gasteiger partial charge >= 0.3 is 0 Å². The lowest BCUT2D eigenvalue weighted by Gasteiger charge is -2.47. The quantitative estimate of drug-likeness (QED) is 0.208. The molecule has 0 atom stereocenters. The third kappa shape index (κ3) is 12.0. The second kappa shape index (κ2) is 18.5. The summed E-state index contributed by atoms with van der Waals surface area (Å²) in [4.78, 5) is 37.6. The van der Waals surface area contributed by atoms with Crippen LogP contribution in [0.5, 0.6) is 0 Å². The number of amides is 2. The van der Waals surface area contributed by atoms with E-state index in [1.807, 2.05) is 9.80 Å². The van der Waals surface area contributed by atoms with Gasteiger partial charge in [0.05, 0.1) is 6.54 Å². The van der Waals surface area contributed by atoms with Crippen molar-refractivity contribution in [2.24, 2.45) is 33.2 Å². The van der Waals surface area contributed by atoms with E-state index in [1.165, 1.54) is 97.3 Å². The van der Waals surface area contributed by atoms with Crippen molar-refractivity contribution in [2.45, 2.75) is 104 Å². The minimum atomic E-state index is 0.0208. The van der Waals surface area contributed by atoms with Crippen LogP contribution in [0.15, 0.2) is 4.99 Å². The third-order valence-electron chi connectivity index (χ3n) is 12.3. The number of rotatable bonds is 10. The average Bonchev–Trinajstić information content (AvgIpc) is 3.08. The second-order valence-corrected chi connectivity index (χ2v) is 15.4. The molecule has 0 aromatic heterocycles. The molecule has 6 N–H and O–H groups in total. The number of nitrogens with two attached hydrogens (primary N) is 2. The highest BCUT2D eigenvalue weighted by Crippen LogP contribution is 2.42. The molecular formula is C36H67N9O2. The number of guanidine groups is 1. The highest BCUT2D eigenvalue weighted by molar-refractivity contribution is 5.85. The topological polar surface area (TPSA) is 147 Å². The number of nitrogens with one attached hydrogen (secondary N) is 2. The molecule has 11 nitrogen and oxygen atoms in total. The minimum Gasteiger partial charge on any atom is -0.370 e. The molecule has 11 heteroatoms. The number of nitrogens with zero attached hydrogens (tertiary/aromatic N) is 5. The van der Waals surface area contributed by atoms with E-state index in [4.69, 9.17) is 16.9 Å². The van der Waals surface area contributed by atoms with Gasteiger partial charge in [-0.15, -0.1) is 0 Å². The van der Waals surface area contributed by atoms with Gasteiger partial charge in [-0.1, -0.05) is 6.92 Å². The van der Waals surface area contributed by atoms with Crippen LogP contribution in [0.2, 0.25) is 0 Å². The van der Waals surface area contributed by atoms with Crippen LogP contribution in [0.25, 0.3) is 0 Å². The molecule has 0 aromatic rings. The van der Waals surface area contributed by atoms with Crippen LogP contribution in [0.4, 0.5) is 0 Å². The number of likely N-dealkylation sites (tertiary alicyclic amines) is 4. The zero-order valence-corrected chi connectivity index (χ0v) is 29.9. The largest absolute Gasteiger partial charge is 0.370 e. The molecule has 0 unspecified atom stereocenters. The van der Waals surface area contributed by atoms with E-state index in [2.05, 4.69) is 27.0 Å². The molecule has 5 fully saturated rings. The van der Waals surface area contributed by atoms with Crippen LogP contribution in [0.1, 0.15) is 104 Å². The van der Waals surface area contributed by atoms with E-state index in [-0.39, 0.29) is 23.2 Å². The summed E-state index contributed by atoms with van der Waals surface area (Å²) in [5.41, 5.74) is 12.1. The highest BCUT2D eigenvalue weighted by Gasteiger charge is 2.39. The maximum Gasteiger partial charge on any atom is 0.224 e. The van der Waals surface area contributed by atoms with Gasteiger partial charge in [-0.25, -0.2) is 0 Å². The first-order valence-corrected chi connectivity index (χ1v) is 18.9. The van der Waals surface area contributed by atoms with Crippen LogP contribution < -0.4 is 16.8 Å². The van der Waals surface area contributed by atoms with Crippen molar-refractivity contribution in [1.82, 2.24) is 24.9 Å². The van der Waals surface area contributed by atoms with Crippen molar-refractivity contribution in [3.8, 4) is 0 Å². The summed E-state index contributed by atoms with van der Waals surface area (Å²) < 4.78 is 0. The standard InChI is InChI=1S/C18H32N6O2.C18H35N3/c1-14(19)2-3-15(25)23-10-5-18(6-11-23)7-12-24(13-8-18)16(26)4-9-22-17(20)21;1-2-20-13-6-18(7-14-20)8-15-21(16-9-18)12-5-17-3-10-19-11-4-17/h19H,2-13H2,1H3,(H4,20,21,22);17,19H,2-16H2,1H3. The van der Waals surface area contributed by atoms with Gasteiger partial charge in [-0.2, -0.15) is 0 Å². The normalized spacial score (nSPS) is 23.6. The van der Waals surface area contributed by atoms with Gasteiger partial charge in [0, 0.05) is 44.7 Å². The summed E-state index contributed by atoms with van der Waals surface area (Å²) in [5, 5.41) is 10.9. The lowest BCUT2D eigenvalue weighted by atomic mass is 9.71. The molecule has 268 valence electrons. The predicted molar refractivity (Wildman–Crippen MR) is 192 cm³/mol. The van der Waals surface area contributed by atoms with Crippen LogP contribution in [0, 0.1) is 22.2 Å². The molecule has 5 heterocycles. The first-order chi connectivity index (χ1) is 22.6. The maximum absolute atomic E-state index is 12.2. The predicted octanol–water partition coefficient (Wildman–Crippen LogP) is 3.27. The molecule has 5 rings (SSSR count). The molecule has 2 amide bonds. The number of hydrogen-bond donors (Lipinski definition) is 4. The number of piperidine rings is 5. The molecule has 0 bridgehead atoms. The second-order valence-electron chi connectivity index (χ2n) is 15.4. The van der Waals surface area contributed by atoms with Gasteiger partial charge in [0.2, 0.25) is 11.8 Å². The molecule has 2 spiro atoms. The SMILES string of the molecule is CC(=N)CCC(=O)N1CCC2(CCN(C(=O)CCN=C(N)N)CC2)CC1.CCN1CCC2(CC1)CCN(CCC1CCNCC1)CC2. The molecular weight excluding hydrogens is 590 g/mol. The Bertz CT molecular complexity index is 1000. The van der Waals surface area contributed by atoms with E-state index in [9.17, 15) is 9.59 Å². The maximum atomic E-state index is 12.2. The van der Waals surface area contributed by atoms with Gasteiger partial charge in [0.25, 0.3) is 0 Å². The van der Waals surface area contributed by atoms with Gasteiger partial charge in [-0.3, -0.25) is 14.6 Å². The van der Waals surface area contributed by atoms with Crippen molar-refractivity contribution in [1.29, 1.82) is 5.41 Å². The van der Waals surface area contributed by atoms with E-state index in [0.29, 0.717) is 31.5 Å². The Morgan fingerprint density at radius 2 is 1.21 bits per heavy atom. The van der Waals surface area contributed by atoms with E-state index < -0.39 is 0 Å². The van der Waals surface area contributed by atoms with Gasteiger partial charge < -0.3 is 41.8 Å². The van der Waals surface area contributed by atoms with Crippen LogP contribution in [0.3, 0.4) is 0 Å². The van der Waals surface area contributed by atoms with Crippen molar-refractivity contribution < 1.29 is 9.59 Å². The van der Waals surface area contributed by atoms with E-state index in [0.717, 1.165) is 63.2 Å². The molecule has 5 aliphatic rings. The van der Waals surface area contributed by atoms with Crippen LogP contribution >= 0.6 is 0 Å². The Kier molecular flexibility index (Phi) is 14.8. The average molecular weight is 658 g/mol.